The van der Waals surface area contributed by atoms with Gasteiger partial charge in [-0.25, -0.2) is 9.18 Å². The van der Waals surface area contributed by atoms with Crippen LogP contribution in [0, 0.1) is 29.0 Å². The van der Waals surface area contributed by atoms with Crippen molar-refractivity contribution >= 4 is 5.97 Å². The van der Waals surface area contributed by atoms with E-state index < -0.39 is 17.6 Å². The lowest BCUT2D eigenvalue weighted by molar-refractivity contribution is -0.200. The Morgan fingerprint density at radius 1 is 1.12 bits per heavy atom. The zero-order valence-electron chi connectivity index (χ0n) is 20.5. The summed E-state index contributed by atoms with van der Waals surface area (Å²) in [5.41, 5.74) is 0.523. The van der Waals surface area contributed by atoms with Gasteiger partial charge in [-0.3, -0.25) is 4.90 Å². The molecule has 34 heavy (non-hydrogen) atoms. The van der Waals surface area contributed by atoms with Crippen molar-refractivity contribution < 1.29 is 28.1 Å². The third-order valence-electron chi connectivity index (χ3n) is 8.16. The topological polar surface area (TPSA) is 57.2 Å². The van der Waals surface area contributed by atoms with Gasteiger partial charge in [0.15, 0.2) is 11.6 Å². The van der Waals surface area contributed by atoms with Crippen LogP contribution in [0.2, 0.25) is 0 Å². The van der Waals surface area contributed by atoms with E-state index in [4.69, 9.17) is 18.9 Å². The first-order chi connectivity index (χ1) is 16.3. The molecule has 1 aromatic carbocycles. The number of hydrogen-bond acceptors (Lipinski definition) is 6. The third kappa shape index (κ3) is 5.58. The van der Waals surface area contributed by atoms with Gasteiger partial charge in [0.25, 0.3) is 0 Å². The number of carbonyl (C=O) groups excluding carboxylic acids is 1. The van der Waals surface area contributed by atoms with E-state index in [2.05, 4.69) is 4.90 Å². The molecule has 0 N–H and O–H groups in total. The first kappa shape index (κ1) is 24.0. The summed E-state index contributed by atoms with van der Waals surface area (Å²) in [6.45, 7) is 8.31. The highest BCUT2D eigenvalue weighted by Gasteiger charge is 2.51. The van der Waals surface area contributed by atoms with Crippen molar-refractivity contribution in [1.82, 2.24) is 4.90 Å². The molecule has 0 aromatic heterocycles. The highest BCUT2D eigenvalue weighted by molar-refractivity contribution is 5.89. The largest absolute Gasteiger partial charge is 0.461 e. The maximum atomic E-state index is 14.6. The maximum Gasteiger partial charge on any atom is 0.338 e. The molecule has 6 rings (SSSR count). The number of hydrogen-bond donors (Lipinski definition) is 0. The zero-order valence-corrected chi connectivity index (χ0v) is 20.5. The number of rotatable bonds is 9. The van der Waals surface area contributed by atoms with Gasteiger partial charge in [-0.15, -0.1) is 0 Å². The fraction of sp³-hybridized carbons (Fsp3) is 0.741. The first-order valence-electron chi connectivity index (χ1n) is 12.9. The summed E-state index contributed by atoms with van der Waals surface area (Å²) in [5.74, 6) is 0.565. The molecule has 5 aliphatic rings. The van der Waals surface area contributed by atoms with E-state index in [0.29, 0.717) is 26.4 Å². The fourth-order valence-corrected chi connectivity index (χ4v) is 6.97. The maximum absolute atomic E-state index is 14.6. The molecule has 7 heteroatoms. The fourth-order valence-electron chi connectivity index (χ4n) is 6.97. The van der Waals surface area contributed by atoms with Gasteiger partial charge < -0.3 is 18.9 Å². The molecule has 5 fully saturated rings. The molecule has 0 radical (unpaired) electrons. The van der Waals surface area contributed by atoms with Gasteiger partial charge in [-0.05, 0) is 79.9 Å². The van der Waals surface area contributed by atoms with Crippen molar-refractivity contribution in [2.75, 3.05) is 46.1 Å². The molecular weight excluding hydrogens is 437 g/mol. The Balaban J connectivity index is 1.15. The van der Waals surface area contributed by atoms with Crippen LogP contribution in [0.3, 0.4) is 0 Å². The summed E-state index contributed by atoms with van der Waals surface area (Å²) in [7, 11) is 0. The highest BCUT2D eigenvalue weighted by atomic mass is 19.1. The molecule has 1 saturated heterocycles. The second-order valence-electron chi connectivity index (χ2n) is 11.4. The molecule has 0 amide bonds. The standard InChI is InChI=1S/C27H38FNO5/c1-26(2,33-18-27-15-19-11-20(16-27)13-21(12-19)17-27)34-24-14-22(3-4-23(24)28)25(30)32-10-7-29-5-8-31-9-6-29/h3-4,14,19-21H,5-13,15-18H2,1-2H3. The molecular formula is C27H38FNO5. The van der Waals surface area contributed by atoms with E-state index in [0.717, 1.165) is 30.8 Å². The van der Waals surface area contributed by atoms with Crippen LogP contribution in [0.5, 0.6) is 5.75 Å². The molecule has 4 bridgehead atoms. The smallest absolute Gasteiger partial charge is 0.338 e. The predicted molar refractivity (Wildman–Crippen MR) is 125 cm³/mol. The Bertz CT molecular complexity index is 846. The number of morpholine rings is 1. The number of carbonyl (C=O) groups is 1. The van der Waals surface area contributed by atoms with Gasteiger partial charge in [-0.2, -0.15) is 0 Å². The molecule has 0 spiro atoms. The summed E-state index contributed by atoms with van der Waals surface area (Å²) in [6, 6.07) is 4.11. The van der Waals surface area contributed by atoms with Crippen molar-refractivity contribution in [2.24, 2.45) is 23.2 Å². The molecule has 0 unspecified atom stereocenters. The molecule has 188 valence electrons. The Morgan fingerprint density at radius 2 is 1.76 bits per heavy atom. The molecule has 0 atom stereocenters. The van der Waals surface area contributed by atoms with Crippen LogP contribution in [0.1, 0.15) is 62.7 Å². The summed E-state index contributed by atoms with van der Waals surface area (Å²) in [5, 5.41) is 0. The lowest BCUT2D eigenvalue weighted by Gasteiger charge is -2.57. The summed E-state index contributed by atoms with van der Waals surface area (Å²) >= 11 is 0. The molecule has 4 saturated carbocycles. The molecule has 4 aliphatic carbocycles. The summed E-state index contributed by atoms with van der Waals surface area (Å²) in [4.78, 5) is 14.7. The van der Waals surface area contributed by atoms with E-state index in [-0.39, 0.29) is 23.3 Å². The Hall–Kier alpha value is -1.70. The van der Waals surface area contributed by atoms with Crippen LogP contribution in [0.25, 0.3) is 0 Å². The van der Waals surface area contributed by atoms with E-state index in [9.17, 15) is 9.18 Å². The van der Waals surface area contributed by atoms with Gasteiger partial charge in [0.2, 0.25) is 5.79 Å². The first-order valence-corrected chi connectivity index (χ1v) is 12.9. The summed E-state index contributed by atoms with van der Waals surface area (Å²) < 4.78 is 37.5. The van der Waals surface area contributed by atoms with Gasteiger partial charge in [0.05, 0.1) is 25.4 Å². The third-order valence-corrected chi connectivity index (χ3v) is 8.16. The molecule has 1 aromatic rings. The zero-order chi connectivity index (χ0) is 23.8. The lowest BCUT2D eigenvalue weighted by atomic mass is 9.50. The van der Waals surface area contributed by atoms with E-state index >= 15 is 0 Å². The molecule has 1 heterocycles. The summed E-state index contributed by atoms with van der Waals surface area (Å²) in [6.07, 6.45) is 7.90. The minimum Gasteiger partial charge on any atom is -0.461 e. The van der Waals surface area contributed by atoms with Gasteiger partial charge in [0.1, 0.15) is 6.61 Å². The SMILES string of the molecule is CC(C)(OCC12CC3CC(CC(C3)C1)C2)Oc1cc(C(=O)OCCN2CCOCC2)ccc1F. The Labute approximate surface area is 202 Å². The monoisotopic (exact) mass is 475 g/mol. The molecule has 6 nitrogen and oxygen atoms in total. The van der Waals surface area contributed by atoms with E-state index in [1.807, 2.05) is 13.8 Å². The Kier molecular flexibility index (Phi) is 6.88. The van der Waals surface area contributed by atoms with Crippen LogP contribution in [0.4, 0.5) is 4.39 Å². The lowest BCUT2D eigenvalue weighted by Crippen LogP contribution is -2.49. The number of halogens is 1. The number of benzene rings is 1. The van der Waals surface area contributed by atoms with Crippen molar-refractivity contribution in [3.05, 3.63) is 29.6 Å². The number of ether oxygens (including phenoxy) is 4. The van der Waals surface area contributed by atoms with Crippen molar-refractivity contribution in [2.45, 2.75) is 58.2 Å². The van der Waals surface area contributed by atoms with Crippen LogP contribution in [0.15, 0.2) is 18.2 Å². The second-order valence-corrected chi connectivity index (χ2v) is 11.4. The number of esters is 1. The van der Waals surface area contributed by atoms with Crippen molar-refractivity contribution in [1.29, 1.82) is 0 Å². The minimum atomic E-state index is -0.997. The van der Waals surface area contributed by atoms with Crippen molar-refractivity contribution in [3.63, 3.8) is 0 Å². The average molecular weight is 476 g/mol. The van der Waals surface area contributed by atoms with Crippen LogP contribution in [-0.4, -0.2) is 62.7 Å². The highest BCUT2D eigenvalue weighted by Crippen LogP contribution is 2.60. The Morgan fingerprint density at radius 3 is 2.41 bits per heavy atom. The van der Waals surface area contributed by atoms with Gasteiger partial charge in [-0.1, -0.05) is 0 Å². The predicted octanol–water partition coefficient (Wildman–Crippen LogP) is 4.66. The van der Waals surface area contributed by atoms with Gasteiger partial charge >= 0.3 is 5.97 Å². The van der Waals surface area contributed by atoms with Crippen LogP contribution in [-0.2, 0) is 14.2 Å². The van der Waals surface area contributed by atoms with Gasteiger partial charge in [0, 0.05) is 33.5 Å². The molecule has 1 aliphatic heterocycles. The van der Waals surface area contributed by atoms with Crippen LogP contribution < -0.4 is 4.74 Å². The second kappa shape index (κ2) is 9.75. The normalized spacial score (nSPS) is 31.0. The van der Waals surface area contributed by atoms with Crippen molar-refractivity contribution in [3.8, 4) is 5.75 Å². The number of nitrogens with zero attached hydrogens (tertiary/aromatic N) is 1. The quantitative estimate of drug-likeness (QED) is 0.382. The average Bonchev–Trinajstić information content (AvgIpc) is 2.79. The van der Waals surface area contributed by atoms with Crippen LogP contribution >= 0.6 is 0 Å². The van der Waals surface area contributed by atoms with E-state index in [1.54, 1.807) is 0 Å². The van der Waals surface area contributed by atoms with E-state index in [1.165, 1.54) is 56.7 Å². The minimum absolute atomic E-state index is 0.0122.